The molecule has 0 aliphatic heterocycles. The Balaban J connectivity index is 2.15. The molecule has 0 amide bonds. The van der Waals surface area contributed by atoms with Crippen molar-refractivity contribution in [3.8, 4) is 11.8 Å². The first-order valence-electron chi connectivity index (χ1n) is 6.56. The molecule has 3 heteroatoms. The summed E-state index contributed by atoms with van der Waals surface area (Å²) < 4.78 is 5.86. The second-order valence-corrected chi connectivity index (χ2v) is 4.86. The fraction of sp³-hybridized carbons (Fsp3) is 0.235. The molecule has 0 heterocycles. The maximum Gasteiger partial charge on any atom is 0.124 e. The summed E-state index contributed by atoms with van der Waals surface area (Å²) >= 11 is 0. The summed E-state index contributed by atoms with van der Waals surface area (Å²) in [7, 11) is 0. The number of ether oxygens (including phenoxy) is 1. The molecule has 0 spiro atoms. The van der Waals surface area contributed by atoms with E-state index < -0.39 is 0 Å². The van der Waals surface area contributed by atoms with Crippen LogP contribution in [0.4, 0.5) is 0 Å². The van der Waals surface area contributed by atoms with Gasteiger partial charge in [0, 0.05) is 12.1 Å². The minimum Gasteiger partial charge on any atom is -0.489 e. The molecule has 0 unspecified atom stereocenters. The molecule has 0 aromatic heterocycles. The Kier molecular flexibility index (Phi) is 4.39. The number of rotatable bonds is 4. The highest BCUT2D eigenvalue weighted by molar-refractivity contribution is 5.39. The van der Waals surface area contributed by atoms with Crippen LogP contribution in [0, 0.1) is 25.2 Å². The predicted molar refractivity (Wildman–Crippen MR) is 79.3 cm³/mol. The van der Waals surface area contributed by atoms with Gasteiger partial charge in [-0.3, -0.25) is 0 Å². The topological polar surface area (TPSA) is 59.0 Å². The minimum atomic E-state index is 0.462. The SMILES string of the molecule is Cc1ccc(OCc2ccc(C#N)cc2C)c(CN)c1. The van der Waals surface area contributed by atoms with Crippen molar-refractivity contribution in [2.45, 2.75) is 27.0 Å². The fourth-order valence-corrected chi connectivity index (χ4v) is 2.09. The van der Waals surface area contributed by atoms with Gasteiger partial charge >= 0.3 is 0 Å². The summed E-state index contributed by atoms with van der Waals surface area (Å²) in [5.41, 5.74) is 10.7. The molecule has 0 saturated carbocycles. The molecule has 0 fully saturated rings. The van der Waals surface area contributed by atoms with Crippen LogP contribution in [0.15, 0.2) is 36.4 Å². The molecule has 2 N–H and O–H groups in total. The Hall–Kier alpha value is -2.31. The van der Waals surface area contributed by atoms with Crippen molar-refractivity contribution in [3.63, 3.8) is 0 Å². The predicted octanol–water partition coefficient (Wildman–Crippen LogP) is 3.21. The van der Waals surface area contributed by atoms with Gasteiger partial charge in [0.1, 0.15) is 12.4 Å². The van der Waals surface area contributed by atoms with Crippen molar-refractivity contribution in [3.05, 3.63) is 64.2 Å². The van der Waals surface area contributed by atoms with Crippen molar-refractivity contribution >= 4 is 0 Å². The molecular weight excluding hydrogens is 248 g/mol. The molecule has 0 atom stereocenters. The highest BCUT2D eigenvalue weighted by Gasteiger charge is 2.05. The Morgan fingerprint density at radius 3 is 2.55 bits per heavy atom. The van der Waals surface area contributed by atoms with Crippen LogP contribution in [0.5, 0.6) is 5.75 Å². The molecule has 0 saturated heterocycles. The van der Waals surface area contributed by atoms with Crippen LogP contribution in [-0.4, -0.2) is 0 Å². The number of hydrogen-bond acceptors (Lipinski definition) is 3. The Bertz CT molecular complexity index is 657. The lowest BCUT2D eigenvalue weighted by molar-refractivity contribution is 0.302. The summed E-state index contributed by atoms with van der Waals surface area (Å²) in [4.78, 5) is 0. The zero-order valence-electron chi connectivity index (χ0n) is 11.8. The molecule has 102 valence electrons. The summed E-state index contributed by atoms with van der Waals surface area (Å²) in [5, 5.41) is 8.86. The standard InChI is InChI=1S/C17H18N2O/c1-12-3-6-17(16(7-12)10-19)20-11-15-5-4-14(9-18)8-13(15)2/h3-8H,10-11,19H2,1-2H3. The lowest BCUT2D eigenvalue weighted by Gasteiger charge is -2.12. The first kappa shape index (κ1) is 14.1. The van der Waals surface area contributed by atoms with E-state index in [0.29, 0.717) is 18.7 Å². The number of nitriles is 1. The smallest absolute Gasteiger partial charge is 0.124 e. The fourth-order valence-electron chi connectivity index (χ4n) is 2.09. The van der Waals surface area contributed by atoms with Crippen LogP contribution in [0.25, 0.3) is 0 Å². The number of nitrogens with two attached hydrogens (primary N) is 1. The van der Waals surface area contributed by atoms with E-state index in [-0.39, 0.29) is 0 Å². The van der Waals surface area contributed by atoms with Crippen molar-refractivity contribution in [2.24, 2.45) is 5.73 Å². The van der Waals surface area contributed by atoms with Gasteiger partial charge in [0.15, 0.2) is 0 Å². The molecule has 3 nitrogen and oxygen atoms in total. The van der Waals surface area contributed by atoms with E-state index in [1.807, 2.05) is 50.2 Å². The van der Waals surface area contributed by atoms with E-state index in [1.165, 1.54) is 5.56 Å². The molecular formula is C17H18N2O. The third kappa shape index (κ3) is 3.17. The molecule has 0 radical (unpaired) electrons. The van der Waals surface area contributed by atoms with Gasteiger partial charge in [-0.05, 0) is 43.2 Å². The second-order valence-electron chi connectivity index (χ2n) is 4.86. The van der Waals surface area contributed by atoms with Crippen LogP contribution >= 0.6 is 0 Å². The van der Waals surface area contributed by atoms with E-state index >= 15 is 0 Å². The first-order valence-corrected chi connectivity index (χ1v) is 6.56. The summed E-state index contributed by atoms with van der Waals surface area (Å²) in [5.74, 6) is 0.821. The first-order chi connectivity index (χ1) is 9.63. The van der Waals surface area contributed by atoms with Crippen molar-refractivity contribution in [2.75, 3.05) is 0 Å². The Morgan fingerprint density at radius 2 is 1.90 bits per heavy atom. The number of nitrogens with zero attached hydrogens (tertiary/aromatic N) is 1. The molecule has 20 heavy (non-hydrogen) atoms. The van der Waals surface area contributed by atoms with Crippen LogP contribution in [-0.2, 0) is 13.2 Å². The molecule has 0 aliphatic rings. The Labute approximate surface area is 119 Å². The largest absolute Gasteiger partial charge is 0.489 e. The summed E-state index contributed by atoms with van der Waals surface area (Å²) in [6.07, 6.45) is 0. The molecule has 0 aliphatic carbocycles. The van der Waals surface area contributed by atoms with Gasteiger partial charge < -0.3 is 10.5 Å². The summed E-state index contributed by atoms with van der Waals surface area (Å²) in [6, 6.07) is 13.8. The lowest BCUT2D eigenvalue weighted by atomic mass is 10.1. The van der Waals surface area contributed by atoms with Gasteiger partial charge in [0.2, 0.25) is 0 Å². The van der Waals surface area contributed by atoms with Gasteiger partial charge in [-0.25, -0.2) is 0 Å². The highest BCUT2D eigenvalue weighted by atomic mass is 16.5. The van der Waals surface area contributed by atoms with Gasteiger partial charge in [-0.15, -0.1) is 0 Å². The maximum absolute atomic E-state index is 8.86. The molecule has 2 aromatic carbocycles. The van der Waals surface area contributed by atoms with Gasteiger partial charge in [-0.1, -0.05) is 23.8 Å². The number of aryl methyl sites for hydroxylation is 2. The third-order valence-corrected chi connectivity index (χ3v) is 3.29. The second kappa shape index (κ2) is 6.23. The summed E-state index contributed by atoms with van der Waals surface area (Å²) in [6.45, 7) is 4.96. The van der Waals surface area contributed by atoms with E-state index in [9.17, 15) is 0 Å². The van der Waals surface area contributed by atoms with Crippen molar-refractivity contribution < 1.29 is 4.74 Å². The normalized spacial score (nSPS) is 10.1. The minimum absolute atomic E-state index is 0.462. The van der Waals surface area contributed by atoms with Crippen LogP contribution in [0.3, 0.4) is 0 Å². The van der Waals surface area contributed by atoms with Crippen molar-refractivity contribution in [1.82, 2.24) is 0 Å². The number of hydrogen-bond donors (Lipinski definition) is 1. The van der Waals surface area contributed by atoms with Crippen LogP contribution < -0.4 is 10.5 Å². The maximum atomic E-state index is 8.86. The van der Waals surface area contributed by atoms with E-state index in [4.69, 9.17) is 15.7 Å². The van der Waals surface area contributed by atoms with Crippen LogP contribution in [0.1, 0.15) is 27.8 Å². The van der Waals surface area contributed by atoms with Crippen LogP contribution in [0.2, 0.25) is 0 Å². The zero-order valence-corrected chi connectivity index (χ0v) is 11.8. The molecule has 2 aromatic rings. The van der Waals surface area contributed by atoms with Gasteiger partial charge in [0.05, 0.1) is 11.6 Å². The van der Waals surface area contributed by atoms with Gasteiger partial charge in [0.25, 0.3) is 0 Å². The van der Waals surface area contributed by atoms with E-state index in [0.717, 1.165) is 22.4 Å². The highest BCUT2D eigenvalue weighted by Crippen LogP contribution is 2.21. The zero-order chi connectivity index (χ0) is 14.5. The molecule has 2 rings (SSSR count). The lowest BCUT2D eigenvalue weighted by Crippen LogP contribution is -2.04. The Morgan fingerprint density at radius 1 is 1.10 bits per heavy atom. The monoisotopic (exact) mass is 266 g/mol. The quantitative estimate of drug-likeness (QED) is 0.924. The average Bonchev–Trinajstić information content (AvgIpc) is 2.46. The number of benzene rings is 2. The third-order valence-electron chi connectivity index (χ3n) is 3.29. The van der Waals surface area contributed by atoms with E-state index in [1.54, 1.807) is 0 Å². The molecule has 0 bridgehead atoms. The van der Waals surface area contributed by atoms with E-state index in [2.05, 4.69) is 6.07 Å². The van der Waals surface area contributed by atoms with Crippen molar-refractivity contribution in [1.29, 1.82) is 5.26 Å². The average molecular weight is 266 g/mol. The van der Waals surface area contributed by atoms with Gasteiger partial charge in [-0.2, -0.15) is 5.26 Å².